The predicted octanol–water partition coefficient (Wildman–Crippen LogP) is 2.46. The average Bonchev–Trinajstić information content (AvgIpc) is 2.58. The number of morpholine rings is 1. The number of methoxy groups -OCH3 is 1. The van der Waals surface area contributed by atoms with Crippen molar-refractivity contribution in [1.82, 2.24) is 4.90 Å². The summed E-state index contributed by atoms with van der Waals surface area (Å²) < 4.78 is 17.0. The van der Waals surface area contributed by atoms with Gasteiger partial charge in [-0.1, -0.05) is 18.6 Å². The smallest absolute Gasteiger partial charge is 0.119 e. The van der Waals surface area contributed by atoms with Crippen LogP contribution in [0.25, 0.3) is 0 Å². The molecule has 1 atom stereocenters. The zero-order valence-corrected chi connectivity index (χ0v) is 15.9. The summed E-state index contributed by atoms with van der Waals surface area (Å²) in [5.74, 6) is 0.942. The SMILES string of the molecule is COCc1cccc(OCC2(CN3CCOC(CN)C3)CCC2)c1.Cl. The van der Waals surface area contributed by atoms with E-state index in [4.69, 9.17) is 19.9 Å². The fourth-order valence-corrected chi connectivity index (χ4v) is 3.69. The molecule has 2 aliphatic rings. The number of benzene rings is 1. The van der Waals surface area contributed by atoms with E-state index in [1.54, 1.807) is 7.11 Å². The Bertz CT molecular complexity index is 525. The van der Waals surface area contributed by atoms with Crippen LogP contribution in [0.1, 0.15) is 24.8 Å². The van der Waals surface area contributed by atoms with Crippen LogP contribution < -0.4 is 10.5 Å². The van der Waals surface area contributed by atoms with E-state index in [1.807, 2.05) is 12.1 Å². The highest BCUT2D eigenvalue weighted by atomic mass is 35.5. The molecule has 0 bridgehead atoms. The maximum atomic E-state index is 6.16. The lowest BCUT2D eigenvalue weighted by Gasteiger charge is -2.46. The summed E-state index contributed by atoms with van der Waals surface area (Å²) in [4.78, 5) is 2.50. The van der Waals surface area contributed by atoms with Crippen molar-refractivity contribution in [3.63, 3.8) is 0 Å². The fraction of sp³-hybridized carbons (Fsp3) is 0.684. The van der Waals surface area contributed by atoms with Crippen LogP contribution in [0.3, 0.4) is 0 Å². The molecule has 1 aliphatic heterocycles. The highest BCUT2D eigenvalue weighted by molar-refractivity contribution is 5.85. The predicted molar refractivity (Wildman–Crippen MR) is 101 cm³/mol. The molecule has 0 aromatic heterocycles. The number of halogens is 1. The van der Waals surface area contributed by atoms with Crippen molar-refractivity contribution in [2.45, 2.75) is 32.0 Å². The molecule has 1 heterocycles. The van der Waals surface area contributed by atoms with Gasteiger partial charge in [0.1, 0.15) is 5.75 Å². The first-order valence-corrected chi connectivity index (χ1v) is 8.98. The van der Waals surface area contributed by atoms with Gasteiger partial charge in [0, 0.05) is 38.7 Å². The summed E-state index contributed by atoms with van der Waals surface area (Å²) in [5, 5.41) is 0. The Morgan fingerprint density at radius 2 is 2.20 bits per heavy atom. The number of rotatable bonds is 8. The lowest BCUT2D eigenvalue weighted by molar-refractivity contribution is -0.0571. The third kappa shape index (κ3) is 5.56. The fourth-order valence-electron chi connectivity index (χ4n) is 3.69. The standard InChI is InChI=1S/C19H30N2O3.ClH/c1-22-13-16-4-2-5-17(10-16)24-15-19(6-3-7-19)14-21-8-9-23-18(11-20)12-21;/h2,4-5,10,18H,3,6-9,11-15,20H2,1H3;1H. The second kappa shape index (κ2) is 9.74. The van der Waals surface area contributed by atoms with E-state index in [1.165, 1.54) is 19.3 Å². The molecule has 2 fully saturated rings. The number of nitrogens with two attached hydrogens (primary N) is 1. The van der Waals surface area contributed by atoms with Gasteiger partial charge < -0.3 is 19.9 Å². The van der Waals surface area contributed by atoms with Gasteiger partial charge in [-0.15, -0.1) is 12.4 Å². The zero-order chi connectivity index (χ0) is 16.8. The van der Waals surface area contributed by atoms with Crippen molar-refractivity contribution >= 4 is 12.4 Å². The van der Waals surface area contributed by atoms with Crippen molar-refractivity contribution < 1.29 is 14.2 Å². The van der Waals surface area contributed by atoms with E-state index < -0.39 is 0 Å². The van der Waals surface area contributed by atoms with Crippen LogP contribution in [0.2, 0.25) is 0 Å². The quantitative estimate of drug-likeness (QED) is 0.761. The molecule has 0 radical (unpaired) electrons. The van der Waals surface area contributed by atoms with Crippen LogP contribution >= 0.6 is 12.4 Å². The van der Waals surface area contributed by atoms with Gasteiger partial charge in [-0.3, -0.25) is 4.90 Å². The molecule has 1 aromatic carbocycles. The monoisotopic (exact) mass is 370 g/mol. The minimum absolute atomic E-state index is 0. The molecular formula is C19H31ClN2O3. The Kier molecular flexibility index (Phi) is 7.97. The van der Waals surface area contributed by atoms with Crippen LogP contribution in [0.4, 0.5) is 0 Å². The largest absolute Gasteiger partial charge is 0.493 e. The van der Waals surface area contributed by atoms with Gasteiger partial charge >= 0.3 is 0 Å². The Morgan fingerprint density at radius 3 is 2.88 bits per heavy atom. The first-order valence-electron chi connectivity index (χ1n) is 8.98. The van der Waals surface area contributed by atoms with Gasteiger partial charge in [0.05, 0.1) is 25.9 Å². The molecule has 142 valence electrons. The minimum Gasteiger partial charge on any atom is -0.493 e. The van der Waals surface area contributed by atoms with Crippen molar-refractivity contribution in [2.75, 3.05) is 46.5 Å². The van der Waals surface area contributed by atoms with Crippen LogP contribution in [0.15, 0.2) is 24.3 Å². The van der Waals surface area contributed by atoms with Crippen molar-refractivity contribution in [1.29, 1.82) is 0 Å². The second-order valence-electron chi connectivity index (χ2n) is 7.19. The lowest BCUT2D eigenvalue weighted by Crippen LogP contribution is -2.52. The summed E-state index contributed by atoms with van der Waals surface area (Å²) in [6, 6.07) is 8.21. The average molecular weight is 371 g/mol. The number of ether oxygens (including phenoxy) is 3. The number of hydrogen-bond donors (Lipinski definition) is 1. The molecule has 1 aromatic rings. The number of hydrogen-bond acceptors (Lipinski definition) is 5. The molecule has 1 aliphatic carbocycles. The molecule has 3 rings (SSSR count). The van der Waals surface area contributed by atoms with Gasteiger partial charge in [-0.2, -0.15) is 0 Å². The van der Waals surface area contributed by atoms with E-state index in [9.17, 15) is 0 Å². The maximum Gasteiger partial charge on any atom is 0.119 e. The van der Waals surface area contributed by atoms with E-state index in [0.29, 0.717) is 13.2 Å². The van der Waals surface area contributed by atoms with E-state index in [2.05, 4.69) is 17.0 Å². The van der Waals surface area contributed by atoms with E-state index in [-0.39, 0.29) is 23.9 Å². The van der Waals surface area contributed by atoms with Gasteiger partial charge in [0.25, 0.3) is 0 Å². The third-order valence-electron chi connectivity index (χ3n) is 5.21. The first kappa shape index (κ1) is 20.5. The van der Waals surface area contributed by atoms with Gasteiger partial charge in [0.2, 0.25) is 0 Å². The highest BCUT2D eigenvalue weighted by Crippen LogP contribution is 2.42. The molecule has 25 heavy (non-hydrogen) atoms. The maximum absolute atomic E-state index is 6.16. The van der Waals surface area contributed by atoms with Crippen LogP contribution in [0, 0.1) is 5.41 Å². The highest BCUT2D eigenvalue weighted by Gasteiger charge is 2.40. The van der Waals surface area contributed by atoms with Crippen LogP contribution in [-0.4, -0.2) is 57.5 Å². The topological polar surface area (TPSA) is 57.0 Å². The normalized spacial score (nSPS) is 22.7. The molecular weight excluding hydrogens is 340 g/mol. The molecule has 0 amide bonds. The molecule has 2 N–H and O–H groups in total. The van der Waals surface area contributed by atoms with Crippen molar-refractivity contribution in [3.05, 3.63) is 29.8 Å². The Balaban J connectivity index is 0.00000225. The summed E-state index contributed by atoms with van der Waals surface area (Å²) in [6.45, 7) is 5.84. The third-order valence-corrected chi connectivity index (χ3v) is 5.21. The van der Waals surface area contributed by atoms with Crippen LogP contribution in [-0.2, 0) is 16.1 Å². The molecule has 1 saturated heterocycles. The molecule has 1 unspecified atom stereocenters. The van der Waals surface area contributed by atoms with E-state index in [0.717, 1.165) is 44.2 Å². The Hall–Kier alpha value is -0.850. The van der Waals surface area contributed by atoms with E-state index >= 15 is 0 Å². The van der Waals surface area contributed by atoms with Crippen molar-refractivity contribution in [3.8, 4) is 5.75 Å². The van der Waals surface area contributed by atoms with Gasteiger partial charge in [-0.25, -0.2) is 0 Å². The second-order valence-corrected chi connectivity index (χ2v) is 7.19. The van der Waals surface area contributed by atoms with Gasteiger partial charge in [0.15, 0.2) is 0 Å². The first-order chi connectivity index (χ1) is 11.7. The van der Waals surface area contributed by atoms with Crippen LogP contribution in [0.5, 0.6) is 5.75 Å². The summed E-state index contributed by atoms with van der Waals surface area (Å²) in [5.41, 5.74) is 7.20. The summed E-state index contributed by atoms with van der Waals surface area (Å²) >= 11 is 0. The van der Waals surface area contributed by atoms with Gasteiger partial charge in [-0.05, 0) is 30.5 Å². The molecule has 0 spiro atoms. The Morgan fingerprint density at radius 1 is 1.36 bits per heavy atom. The molecule has 6 heteroatoms. The van der Waals surface area contributed by atoms with Crippen molar-refractivity contribution in [2.24, 2.45) is 11.1 Å². The summed E-state index contributed by atoms with van der Waals surface area (Å²) in [6.07, 6.45) is 3.98. The minimum atomic E-state index is 0. The zero-order valence-electron chi connectivity index (χ0n) is 15.1. The lowest BCUT2D eigenvalue weighted by atomic mass is 9.69. The summed E-state index contributed by atoms with van der Waals surface area (Å²) in [7, 11) is 1.72. The molecule has 1 saturated carbocycles. The Labute approximate surface area is 157 Å². The molecule has 5 nitrogen and oxygen atoms in total. The number of nitrogens with zero attached hydrogens (tertiary/aromatic N) is 1.